The number of benzene rings is 2. The van der Waals surface area contributed by atoms with Gasteiger partial charge in [-0.3, -0.25) is 9.69 Å². The molecule has 0 N–H and O–H groups in total. The second-order valence-electron chi connectivity index (χ2n) is 7.46. The highest BCUT2D eigenvalue weighted by Crippen LogP contribution is 2.35. The lowest BCUT2D eigenvalue weighted by atomic mass is 10.0. The number of thiazole rings is 1. The average Bonchev–Trinajstić information content (AvgIpc) is 3.49. The lowest BCUT2D eigenvalue weighted by Crippen LogP contribution is -2.29. The minimum atomic E-state index is -0.243. The van der Waals surface area contributed by atoms with Gasteiger partial charge in [0.1, 0.15) is 11.3 Å². The summed E-state index contributed by atoms with van der Waals surface area (Å²) in [5.41, 5.74) is 2.80. The molecule has 2 aromatic carbocycles. The minimum Gasteiger partial charge on any atom is -0.467 e. The van der Waals surface area contributed by atoms with Gasteiger partial charge >= 0.3 is 0 Å². The molecule has 0 saturated carbocycles. The number of amides is 1. The average molecular weight is 417 g/mol. The number of para-hydroxylation sites is 2. The summed E-state index contributed by atoms with van der Waals surface area (Å²) in [6.07, 6.45) is 1.61. The van der Waals surface area contributed by atoms with E-state index in [1.807, 2.05) is 48.5 Å². The predicted molar refractivity (Wildman–Crippen MR) is 119 cm³/mol. The quantitative estimate of drug-likeness (QED) is 0.324. The number of hydrogen-bond donors (Lipinski definition) is 0. The van der Waals surface area contributed by atoms with Gasteiger partial charge in [0.15, 0.2) is 10.9 Å². The molecule has 5 aromatic rings. The summed E-state index contributed by atoms with van der Waals surface area (Å²) in [5.74, 6) is 1.06. The Balaban J connectivity index is 1.60. The van der Waals surface area contributed by atoms with E-state index < -0.39 is 0 Å². The van der Waals surface area contributed by atoms with E-state index in [1.54, 1.807) is 17.2 Å². The standard InChI is InChI=1S/C24H20N2O3S/c1-15(2)18-9-5-11-21-22(18)25-24(30-21)26(14-17-8-6-12-28-17)23(27)20-13-16-7-3-4-10-19(16)29-20/h3-13,15H,14H2,1-2H3. The Hall–Kier alpha value is -3.38. The Morgan fingerprint density at radius 2 is 1.97 bits per heavy atom. The number of nitrogens with zero attached hydrogens (tertiary/aromatic N) is 2. The molecule has 0 aliphatic carbocycles. The molecule has 5 rings (SSSR count). The van der Waals surface area contributed by atoms with E-state index in [1.165, 1.54) is 16.9 Å². The first-order valence-corrected chi connectivity index (χ1v) is 10.6. The third kappa shape index (κ3) is 3.29. The Morgan fingerprint density at radius 3 is 2.73 bits per heavy atom. The number of fused-ring (bicyclic) bond motifs is 2. The topological polar surface area (TPSA) is 59.5 Å². The number of rotatable bonds is 5. The van der Waals surface area contributed by atoms with Gasteiger partial charge in [-0.2, -0.15) is 0 Å². The van der Waals surface area contributed by atoms with Crippen molar-refractivity contribution >= 4 is 43.6 Å². The second-order valence-corrected chi connectivity index (χ2v) is 8.47. The summed E-state index contributed by atoms with van der Waals surface area (Å²) in [5, 5.41) is 1.52. The smallest absolute Gasteiger partial charge is 0.296 e. The summed E-state index contributed by atoms with van der Waals surface area (Å²) < 4.78 is 12.4. The molecule has 6 heteroatoms. The van der Waals surface area contributed by atoms with Gasteiger partial charge in [-0.05, 0) is 41.8 Å². The predicted octanol–water partition coefficient (Wildman–Crippen LogP) is 6.61. The van der Waals surface area contributed by atoms with Crippen LogP contribution >= 0.6 is 11.3 Å². The molecule has 0 fully saturated rings. The van der Waals surface area contributed by atoms with Crippen molar-refractivity contribution in [1.29, 1.82) is 0 Å². The molecule has 0 saturated heterocycles. The van der Waals surface area contributed by atoms with Crippen LogP contribution in [0.25, 0.3) is 21.2 Å². The van der Waals surface area contributed by atoms with Gasteiger partial charge in [0, 0.05) is 5.39 Å². The van der Waals surface area contributed by atoms with Gasteiger partial charge in [-0.15, -0.1) is 0 Å². The molecule has 0 unspecified atom stereocenters. The number of hydrogen-bond acceptors (Lipinski definition) is 5. The number of furan rings is 2. The maximum absolute atomic E-state index is 13.5. The van der Waals surface area contributed by atoms with Crippen molar-refractivity contribution in [1.82, 2.24) is 4.98 Å². The van der Waals surface area contributed by atoms with Crippen LogP contribution in [0.5, 0.6) is 0 Å². The van der Waals surface area contributed by atoms with E-state index in [9.17, 15) is 4.79 Å². The zero-order valence-corrected chi connectivity index (χ0v) is 17.5. The number of aromatic nitrogens is 1. The summed E-state index contributed by atoms with van der Waals surface area (Å²) in [6, 6.07) is 19.2. The Bertz CT molecular complexity index is 1300. The van der Waals surface area contributed by atoms with Gasteiger partial charge in [-0.1, -0.05) is 55.5 Å². The van der Waals surface area contributed by atoms with Crippen LogP contribution < -0.4 is 4.90 Å². The van der Waals surface area contributed by atoms with Crippen LogP contribution in [0.15, 0.2) is 75.8 Å². The summed E-state index contributed by atoms with van der Waals surface area (Å²) in [7, 11) is 0. The highest BCUT2D eigenvalue weighted by Gasteiger charge is 2.26. The van der Waals surface area contributed by atoms with E-state index in [-0.39, 0.29) is 18.2 Å². The molecule has 0 radical (unpaired) electrons. The lowest BCUT2D eigenvalue weighted by molar-refractivity contribution is 0.0958. The van der Waals surface area contributed by atoms with Crippen LogP contribution in [0.1, 0.15) is 41.6 Å². The first kappa shape index (κ1) is 18.6. The Kier molecular flexibility index (Phi) is 4.64. The van der Waals surface area contributed by atoms with Crippen molar-refractivity contribution in [3.63, 3.8) is 0 Å². The molecule has 5 nitrogen and oxygen atoms in total. The van der Waals surface area contributed by atoms with Crippen molar-refractivity contribution in [2.75, 3.05) is 4.90 Å². The van der Waals surface area contributed by atoms with Crippen LogP contribution in [0.4, 0.5) is 5.13 Å². The molecule has 0 atom stereocenters. The van der Waals surface area contributed by atoms with Crippen LogP contribution in [-0.2, 0) is 6.54 Å². The molecule has 150 valence electrons. The molecule has 0 aliphatic heterocycles. The second kappa shape index (κ2) is 7.46. The zero-order chi connectivity index (χ0) is 20.7. The van der Waals surface area contributed by atoms with Gasteiger partial charge < -0.3 is 8.83 Å². The first-order chi connectivity index (χ1) is 14.6. The fourth-order valence-corrected chi connectivity index (χ4v) is 4.54. The summed E-state index contributed by atoms with van der Waals surface area (Å²) in [4.78, 5) is 20.0. The molecule has 0 spiro atoms. The number of carbonyl (C=O) groups excluding carboxylic acids is 1. The van der Waals surface area contributed by atoms with Crippen molar-refractivity contribution < 1.29 is 13.6 Å². The lowest BCUT2D eigenvalue weighted by Gasteiger charge is -2.17. The van der Waals surface area contributed by atoms with E-state index in [0.717, 1.165) is 15.6 Å². The normalized spacial score (nSPS) is 11.6. The van der Waals surface area contributed by atoms with Crippen LogP contribution in [0.3, 0.4) is 0 Å². The van der Waals surface area contributed by atoms with Gasteiger partial charge in [0.25, 0.3) is 5.91 Å². The van der Waals surface area contributed by atoms with E-state index in [0.29, 0.717) is 22.4 Å². The third-order valence-electron chi connectivity index (χ3n) is 5.07. The van der Waals surface area contributed by atoms with E-state index >= 15 is 0 Å². The Morgan fingerprint density at radius 1 is 1.10 bits per heavy atom. The summed E-state index contributed by atoms with van der Waals surface area (Å²) >= 11 is 1.50. The van der Waals surface area contributed by atoms with Crippen LogP contribution in [0, 0.1) is 0 Å². The molecule has 30 heavy (non-hydrogen) atoms. The molecule has 3 heterocycles. The highest BCUT2D eigenvalue weighted by atomic mass is 32.1. The maximum atomic E-state index is 13.5. The molecule has 1 amide bonds. The molecule has 3 aromatic heterocycles. The largest absolute Gasteiger partial charge is 0.467 e. The van der Waals surface area contributed by atoms with Gasteiger partial charge in [-0.25, -0.2) is 4.98 Å². The maximum Gasteiger partial charge on any atom is 0.296 e. The van der Waals surface area contributed by atoms with E-state index in [2.05, 4.69) is 19.9 Å². The molecule has 0 aliphatic rings. The molecule has 0 bridgehead atoms. The monoisotopic (exact) mass is 416 g/mol. The van der Waals surface area contributed by atoms with Crippen LogP contribution in [-0.4, -0.2) is 10.9 Å². The summed E-state index contributed by atoms with van der Waals surface area (Å²) in [6.45, 7) is 4.57. The zero-order valence-electron chi connectivity index (χ0n) is 16.7. The van der Waals surface area contributed by atoms with Crippen LogP contribution in [0.2, 0.25) is 0 Å². The number of anilines is 1. The SMILES string of the molecule is CC(C)c1cccc2sc(N(Cc3ccco3)C(=O)c3cc4ccccc4o3)nc12. The number of carbonyl (C=O) groups is 1. The van der Waals surface area contributed by atoms with Crippen molar-refractivity contribution in [2.24, 2.45) is 0 Å². The minimum absolute atomic E-state index is 0.243. The van der Waals surface area contributed by atoms with Crippen molar-refractivity contribution in [3.05, 3.63) is 84.0 Å². The molecular weight excluding hydrogens is 396 g/mol. The first-order valence-electron chi connectivity index (χ1n) is 9.82. The Labute approximate surface area is 177 Å². The van der Waals surface area contributed by atoms with Crippen molar-refractivity contribution in [2.45, 2.75) is 26.3 Å². The van der Waals surface area contributed by atoms with Gasteiger partial charge in [0.2, 0.25) is 0 Å². The van der Waals surface area contributed by atoms with Crippen molar-refractivity contribution in [3.8, 4) is 0 Å². The highest BCUT2D eigenvalue weighted by molar-refractivity contribution is 7.22. The van der Waals surface area contributed by atoms with E-state index in [4.69, 9.17) is 13.8 Å². The van der Waals surface area contributed by atoms with Gasteiger partial charge in [0.05, 0.1) is 23.0 Å². The third-order valence-corrected chi connectivity index (χ3v) is 6.11. The fraction of sp³-hybridized carbons (Fsp3) is 0.167. The fourth-order valence-electron chi connectivity index (χ4n) is 3.54. The molecular formula is C24H20N2O3S.